The van der Waals surface area contributed by atoms with Crippen LogP contribution >= 0.6 is 0 Å². The van der Waals surface area contributed by atoms with Crippen molar-refractivity contribution in [3.8, 4) is 0 Å². The maximum Gasteiger partial charge on any atom is 0.273 e. The van der Waals surface area contributed by atoms with Gasteiger partial charge in [-0.15, -0.1) is 0 Å². The fourth-order valence-electron chi connectivity index (χ4n) is 1.96. The molecule has 94 valence electrons. The first kappa shape index (κ1) is 12.4. The lowest BCUT2D eigenvalue weighted by Crippen LogP contribution is -2.15. The number of anilines is 1. The number of aryl methyl sites for hydroxylation is 2. The summed E-state index contributed by atoms with van der Waals surface area (Å²) in [4.78, 5) is 18.7. The summed E-state index contributed by atoms with van der Waals surface area (Å²) in [5.74, 6) is -0.150. The van der Waals surface area contributed by atoms with Crippen molar-refractivity contribution in [2.24, 2.45) is 0 Å². The van der Waals surface area contributed by atoms with Crippen LogP contribution in [-0.2, 0) is 12.8 Å². The van der Waals surface area contributed by atoms with Crippen molar-refractivity contribution in [3.63, 3.8) is 0 Å². The van der Waals surface area contributed by atoms with Crippen molar-refractivity contribution in [3.05, 3.63) is 47.5 Å². The summed E-state index contributed by atoms with van der Waals surface area (Å²) in [6, 6.07) is 6.12. The summed E-state index contributed by atoms with van der Waals surface area (Å²) in [6.07, 6.45) is 4.82. The van der Waals surface area contributed by atoms with E-state index in [4.69, 9.17) is 0 Å². The Morgan fingerprint density at radius 2 is 1.94 bits per heavy atom. The highest BCUT2D eigenvalue weighted by Gasteiger charge is 2.12. The van der Waals surface area contributed by atoms with Gasteiger partial charge in [-0.2, -0.15) is 0 Å². The Kier molecular flexibility index (Phi) is 3.77. The highest BCUT2D eigenvalue weighted by atomic mass is 16.1. The largest absolute Gasteiger partial charge is 0.341 e. The molecule has 2 rings (SSSR count). The number of aromatic amines is 1. The number of nitrogens with zero attached hydrogens (tertiary/aromatic N) is 1. The SMILES string of the molecule is CCc1cccc(CC)c1NC(=O)c1cnc[nH]1. The van der Waals surface area contributed by atoms with E-state index in [1.54, 1.807) is 0 Å². The fourth-order valence-corrected chi connectivity index (χ4v) is 1.96. The Labute approximate surface area is 106 Å². The molecule has 0 saturated carbocycles. The summed E-state index contributed by atoms with van der Waals surface area (Å²) in [7, 11) is 0. The van der Waals surface area contributed by atoms with E-state index in [0.29, 0.717) is 5.69 Å². The number of imidazole rings is 1. The molecule has 1 amide bonds. The molecule has 2 aromatic rings. The van der Waals surface area contributed by atoms with E-state index in [-0.39, 0.29) is 5.91 Å². The lowest BCUT2D eigenvalue weighted by molar-refractivity contribution is 0.102. The van der Waals surface area contributed by atoms with Crippen molar-refractivity contribution in [1.82, 2.24) is 9.97 Å². The molecule has 0 fully saturated rings. The second-order valence-corrected chi connectivity index (χ2v) is 4.08. The van der Waals surface area contributed by atoms with Crippen LogP contribution in [0.4, 0.5) is 5.69 Å². The number of rotatable bonds is 4. The van der Waals surface area contributed by atoms with Gasteiger partial charge in [0.15, 0.2) is 0 Å². The number of carbonyl (C=O) groups excluding carboxylic acids is 1. The molecule has 0 spiro atoms. The predicted molar refractivity (Wildman–Crippen MR) is 71.7 cm³/mol. The van der Waals surface area contributed by atoms with Crippen molar-refractivity contribution in [1.29, 1.82) is 0 Å². The first-order valence-corrected chi connectivity index (χ1v) is 6.16. The van der Waals surface area contributed by atoms with Crippen LogP contribution in [0.3, 0.4) is 0 Å². The van der Waals surface area contributed by atoms with Crippen LogP contribution in [0.15, 0.2) is 30.7 Å². The molecule has 0 aliphatic carbocycles. The molecule has 4 nitrogen and oxygen atoms in total. The van der Waals surface area contributed by atoms with Crippen LogP contribution in [0.1, 0.15) is 35.5 Å². The molecular formula is C14H17N3O. The first-order valence-electron chi connectivity index (χ1n) is 6.16. The molecular weight excluding hydrogens is 226 g/mol. The minimum atomic E-state index is -0.150. The lowest BCUT2D eigenvalue weighted by atomic mass is 10.0. The van der Waals surface area contributed by atoms with Crippen molar-refractivity contribution < 1.29 is 4.79 Å². The van der Waals surface area contributed by atoms with Gasteiger partial charge in [0.05, 0.1) is 12.5 Å². The van der Waals surface area contributed by atoms with Gasteiger partial charge in [0.2, 0.25) is 0 Å². The molecule has 0 atom stereocenters. The van der Waals surface area contributed by atoms with Crippen LogP contribution in [0.2, 0.25) is 0 Å². The summed E-state index contributed by atoms with van der Waals surface area (Å²) >= 11 is 0. The number of hydrogen-bond donors (Lipinski definition) is 2. The van der Waals surface area contributed by atoms with Gasteiger partial charge in [-0.05, 0) is 24.0 Å². The van der Waals surface area contributed by atoms with E-state index < -0.39 is 0 Å². The Morgan fingerprint density at radius 3 is 2.44 bits per heavy atom. The van der Waals surface area contributed by atoms with Crippen LogP contribution < -0.4 is 5.32 Å². The molecule has 4 heteroatoms. The zero-order valence-corrected chi connectivity index (χ0v) is 10.7. The number of aromatic nitrogens is 2. The maximum absolute atomic E-state index is 12.0. The van der Waals surface area contributed by atoms with E-state index in [1.165, 1.54) is 12.5 Å². The van der Waals surface area contributed by atoms with E-state index in [9.17, 15) is 4.79 Å². The van der Waals surface area contributed by atoms with Crippen LogP contribution in [0, 0.1) is 0 Å². The maximum atomic E-state index is 12.0. The molecule has 0 saturated heterocycles. The second-order valence-electron chi connectivity index (χ2n) is 4.08. The highest BCUT2D eigenvalue weighted by Crippen LogP contribution is 2.23. The Morgan fingerprint density at radius 1 is 1.28 bits per heavy atom. The molecule has 0 aliphatic rings. The van der Waals surface area contributed by atoms with E-state index in [2.05, 4.69) is 29.1 Å². The fraction of sp³-hybridized carbons (Fsp3) is 0.286. The lowest BCUT2D eigenvalue weighted by Gasteiger charge is -2.13. The first-order chi connectivity index (χ1) is 8.76. The molecule has 0 aliphatic heterocycles. The van der Waals surface area contributed by atoms with Crippen LogP contribution in [0.5, 0.6) is 0 Å². The van der Waals surface area contributed by atoms with E-state index >= 15 is 0 Å². The van der Waals surface area contributed by atoms with Crippen molar-refractivity contribution >= 4 is 11.6 Å². The van der Waals surface area contributed by atoms with Crippen molar-refractivity contribution in [2.75, 3.05) is 5.32 Å². The summed E-state index contributed by atoms with van der Waals surface area (Å²) in [6.45, 7) is 4.17. The third kappa shape index (κ3) is 2.42. The van der Waals surface area contributed by atoms with Crippen molar-refractivity contribution in [2.45, 2.75) is 26.7 Å². The highest BCUT2D eigenvalue weighted by molar-refractivity contribution is 6.03. The quantitative estimate of drug-likeness (QED) is 0.867. The van der Waals surface area contributed by atoms with Gasteiger partial charge in [-0.1, -0.05) is 32.0 Å². The molecule has 2 N–H and O–H groups in total. The Hall–Kier alpha value is -2.10. The Balaban J connectivity index is 2.30. The monoisotopic (exact) mass is 243 g/mol. The molecule has 0 bridgehead atoms. The molecule has 0 radical (unpaired) electrons. The third-order valence-corrected chi connectivity index (χ3v) is 2.98. The Bertz CT molecular complexity index is 510. The zero-order chi connectivity index (χ0) is 13.0. The summed E-state index contributed by atoms with van der Waals surface area (Å²) < 4.78 is 0. The van der Waals surface area contributed by atoms with Gasteiger partial charge in [0.25, 0.3) is 5.91 Å². The average Bonchev–Trinajstić information content (AvgIpc) is 2.93. The van der Waals surface area contributed by atoms with Gasteiger partial charge < -0.3 is 10.3 Å². The number of hydrogen-bond acceptors (Lipinski definition) is 2. The van der Waals surface area contributed by atoms with E-state index in [1.807, 2.05) is 18.2 Å². The standard InChI is InChI=1S/C14H17N3O/c1-3-10-6-5-7-11(4-2)13(10)17-14(18)12-8-15-9-16-12/h5-9H,3-4H2,1-2H3,(H,15,16)(H,17,18). The molecule has 1 aromatic heterocycles. The summed E-state index contributed by atoms with van der Waals surface area (Å²) in [5.41, 5.74) is 3.72. The zero-order valence-electron chi connectivity index (χ0n) is 10.7. The number of nitrogens with one attached hydrogen (secondary N) is 2. The normalized spacial score (nSPS) is 10.3. The minimum absolute atomic E-state index is 0.150. The number of amides is 1. The van der Waals surface area contributed by atoms with Crippen LogP contribution in [0.25, 0.3) is 0 Å². The van der Waals surface area contributed by atoms with Gasteiger partial charge >= 0.3 is 0 Å². The van der Waals surface area contributed by atoms with Gasteiger partial charge in [-0.3, -0.25) is 4.79 Å². The van der Waals surface area contributed by atoms with E-state index in [0.717, 1.165) is 29.7 Å². The second kappa shape index (κ2) is 5.49. The van der Waals surface area contributed by atoms with Gasteiger partial charge in [0, 0.05) is 5.69 Å². The molecule has 18 heavy (non-hydrogen) atoms. The number of carbonyl (C=O) groups is 1. The molecule has 1 aromatic carbocycles. The van der Waals surface area contributed by atoms with Gasteiger partial charge in [-0.25, -0.2) is 4.98 Å². The average molecular weight is 243 g/mol. The molecule has 1 heterocycles. The minimum Gasteiger partial charge on any atom is -0.341 e. The predicted octanol–water partition coefficient (Wildman–Crippen LogP) is 2.79. The third-order valence-electron chi connectivity index (χ3n) is 2.98. The smallest absolute Gasteiger partial charge is 0.273 e. The molecule has 0 unspecified atom stereocenters. The van der Waals surface area contributed by atoms with Crippen LogP contribution in [-0.4, -0.2) is 15.9 Å². The van der Waals surface area contributed by atoms with Gasteiger partial charge in [0.1, 0.15) is 5.69 Å². The number of para-hydroxylation sites is 1. The number of H-pyrrole nitrogens is 1. The topological polar surface area (TPSA) is 57.8 Å². The number of benzene rings is 1. The summed E-state index contributed by atoms with van der Waals surface area (Å²) in [5, 5.41) is 2.97.